The van der Waals surface area contributed by atoms with Crippen molar-refractivity contribution in [3.8, 4) is 0 Å². The van der Waals surface area contributed by atoms with Crippen molar-refractivity contribution in [2.24, 2.45) is 4.99 Å². The Kier molecular flexibility index (Phi) is 11.2. The predicted octanol–water partition coefficient (Wildman–Crippen LogP) is 2.32. The van der Waals surface area contributed by atoms with E-state index in [4.69, 9.17) is 4.42 Å². The van der Waals surface area contributed by atoms with E-state index in [2.05, 4.69) is 41.0 Å². The number of amides is 1. The number of nitrogens with one attached hydrogen (secondary N) is 3. The van der Waals surface area contributed by atoms with Crippen molar-refractivity contribution < 1.29 is 9.21 Å². The summed E-state index contributed by atoms with van der Waals surface area (Å²) in [6.07, 6.45) is 3.57. The standard InChI is InChI=1S/C15H26N4O2S.HI/c1-5-16-14(19-11-15(2,3)22-4)18-9-8-17-13(20)12-7-6-10-21-12;/h6-7,10H,5,8-9,11H2,1-4H3,(H,17,20)(H2,16,18,19);1H. The van der Waals surface area contributed by atoms with Crippen molar-refractivity contribution in [3.63, 3.8) is 0 Å². The van der Waals surface area contributed by atoms with Gasteiger partial charge >= 0.3 is 0 Å². The number of halogens is 1. The van der Waals surface area contributed by atoms with Gasteiger partial charge in [0, 0.05) is 24.4 Å². The molecule has 1 aromatic rings. The van der Waals surface area contributed by atoms with Crippen molar-refractivity contribution in [1.29, 1.82) is 0 Å². The number of hydrogen-bond acceptors (Lipinski definition) is 4. The molecule has 0 spiro atoms. The van der Waals surface area contributed by atoms with Gasteiger partial charge in [0.05, 0.1) is 12.8 Å². The van der Waals surface area contributed by atoms with E-state index in [0.29, 0.717) is 18.8 Å². The number of hydrogen-bond donors (Lipinski definition) is 3. The highest BCUT2D eigenvalue weighted by Crippen LogP contribution is 2.20. The van der Waals surface area contributed by atoms with Gasteiger partial charge in [-0.1, -0.05) is 0 Å². The summed E-state index contributed by atoms with van der Waals surface area (Å²) in [7, 11) is 0. The van der Waals surface area contributed by atoms with Gasteiger partial charge in [0.15, 0.2) is 11.7 Å². The highest BCUT2D eigenvalue weighted by atomic mass is 127. The lowest BCUT2D eigenvalue weighted by Crippen LogP contribution is -2.42. The molecule has 1 heterocycles. The monoisotopic (exact) mass is 454 g/mol. The van der Waals surface area contributed by atoms with E-state index in [9.17, 15) is 4.79 Å². The summed E-state index contributed by atoms with van der Waals surface area (Å²) in [5.74, 6) is 0.872. The van der Waals surface area contributed by atoms with Crippen LogP contribution in [0.3, 0.4) is 0 Å². The van der Waals surface area contributed by atoms with Crippen LogP contribution >= 0.6 is 35.7 Å². The maximum absolute atomic E-state index is 11.7. The highest BCUT2D eigenvalue weighted by molar-refractivity contribution is 14.0. The molecule has 0 saturated carbocycles. The predicted molar refractivity (Wildman–Crippen MR) is 108 cm³/mol. The van der Waals surface area contributed by atoms with Crippen molar-refractivity contribution in [2.75, 3.05) is 32.4 Å². The summed E-state index contributed by atoms with van der Waals surface area (Å²) < 4.78 is 5.14. The second-order valence-electron chi connectivity index (χ2n) is 5.32. The zero-order chi connectivity index (χ0) is 16.4. The number of carbonyl (C=O) groups excluding carboxylic acids is 1. The maximum atomic E-state index is 11.7. The van der Waals surface area contributed by atoms with Crippen LogP contribution in [0.15, 0.2) is 27.8 Å². The number of nitrogens with zero attached hydrogens (tertiary/aromatic N) is 1. The summed E-state index contributed by atoms with van der Waals surface area (Å²) in [6, 6.07) is 3.33. The van der Waals surface area contributed by atoms with E-state index in [0.717, 1.165) is 19.0 Å². The van der Waals surface area contributed by atoms with E-state index in [-0.39, 0.29) is 34.6 Å². The summed E-state index contributed by atoms with van der Waals surface area (Å²) in [6.45, 7) is 8.96. The smallest absolute Gasteiger partial charge is 0.287 e. The van der Waals surface area contributed by atoms with Crippen molar-refractivity contribution in [2.45, 2.75) is 25.5 Å². The first-order valence-corrected chi connectivity index (χ1v) is 8.60. The average Bonchev–Trinajstić information content (AvgIpc) is 3.03. The molecule has 0 unspecified atom stereocenters. The van der Waals surface area contributed by atoms with E-state index < -0.39 is 0 Å². The molecule has 1 rings (SSSR count). The molecule has 3 N–H and O–H groups in total. The third-order valence-corrected chi connectivity index (χ3v) is 4.20. The quantitative estimate of drug-likeness (QED) is 0.243. The summed E-state index contributed by atoms with van der Waals surface area (Å²) in [4.78, 5) is 16.3. The topological polar surface area (TPSA) is 78.7 Å². The van der Waals surface area contributed by atoms with E-state index >= 15 is 0 Å². The lowest BCUT2D eigenvalue weighted by molar-refractivity contribution is 0.0926. The number of carbonyl (C=O) groups is 1. The molecule has 1 amide bonds. The fourth-order valence-electron chi connectivity index (χ4n) is 1.53. The van der Waals surface area contributed by atoms with Crippen LogP contribution in [0.2, 0.25) is 0 Å². The minimum Gasteiger partial charge on any atom is -0.459 e. The molecule has 0 bridgehead atoms. The molecule has 0 aliphatic heterocycles. The third kappa shape index (κ3) is 9.09. The van der Waals surface area contributed by atoms with E-state index in [1.54, 1.807) is 23.9 Å². The largest absolute Gasteiger partial charge is 0.459 e. The zero-order valence-electron chi connectivity index (χ0n) is 14.1. The molecule has 0 atom stereocenters. The fraction of sp³-hybridized carbons (Fsp3) is 0.600. The molecule has 0 saturated heterocycles. The minimum absolute atomic E-state index is 0. The third-order valence-electron chi connectivity index (χ3n) is 2.96. The summed E-state index contributed by atoms with van der Waals surface area (Å²) in [5, 5.41) is 9.18. The molecule has 23 heavy (non-hydrogen) atoms. The molecule has 0 aromatic carbocycles. The van der Waals surface area contributed by atoms with Gasteiger partial charge in [-0.05, 0) is 39.2 Å². The van der Waals surface area contributed by atoms with Crippen molar-refractivity contribution >= 4 is 47.6 Å². The number of furan rings is 1. The number of rotatable bonds is 8. The number of aliphatic imine (C=N–C) groups is 1. The van der Waals surface area contributed by atoms with Gasteiger partial charge in [-0.25, -0.2) is 0 Å². The minimum atomic E-state index is -0.211. The van der Waals surface area contributed by atoms with Gasteiger partial charge < -0.3 is 20.4 Å². The molecule has 0 aliphatic carbocycles. The molecule has 0 aliphatic rings. The Morgan fingerprint density at radius 1 is 1.30 bits per heavy atom. The lowest BCUT2D eigenvalue weighted by Gasteiger charge is -2.20. The van der Waals surface area contributed by atoms with Gasteiger partial charge in [-0.2, -0.15) is 11.8 Å². The summed E-state index contributed by atoms with van der Waals surface area (Å²) in [5.41, 5.74) is 0. The molecular weight excluding hydrogens is 427 g/mol. The SMILES string of the molecule is CCNC(=NCC(C)(C)SC)NCCNC(=O)c1ccco1.I. The van der Waals surface area contributed by atoms with Crippen LogP contribution in [0.4, 0.5) is 0 Å². The Morgan fingerprint density at radius 2 is 2.00 bits per heavy atom. The number of guanidine groups is 1. The zero-order valence-corrected chi connectivity index (χ0v) is 17.3. The van der Waals surface area contributed by atoms with Crippen molar-refractivity contribution in [3.05, 3.63) is 24.2 Å². The maximum Gasteiger partial charge on any atom is 0.287 e. The Morgan fingerprint density at radius 3 is 2.57 bits per heavy atom. The first-order chi connectivity index (χ1) is 10.5. The van der Waals surface area contributed by atoms with E-state index in [1.165, 1.54) is 6.26 Å². The normalized spacial score (nSPS) is 11.6. The molecule has 8 heteroatoms. The Bertz CT molecular complexity index is 478. The van der Waals surface area contributed by atoms with Crippen LogP contribution in [0.5, 0.6) is 0 Å². The van der Waals surface area contributed by atoms with Crippen molar-refractivity contribution in [1.82, 2.24) is 16.0 Å². The molecule has 6 nitrogen and oxygen atoms in total. The first-order valence-electron chi connectivity index (χ1n) is 7.37. The van der Waals surface area contributed by atoms with Crippen LogP contribution in [0.25, 0.3) is 0 Å². The first kappa shape index (κ1) is 22.1. The van der Waals surface area contributed by atoms with E-state index in [1.807, 2.05) is 6.92 Å². The molecule has 132 valence electrons. The molecular formula is C15H27IN4O2S. The van der Waals surface area contributed by atoms with Gasteiger partial charge in [0.25, 0.3) is 5.91 Å². The fourth-order valence-corrected chi connectivity index (χ4v) is 1.72. The average molecular weight is 454 g/mol. The Balaban J connectivity index is 0.00000484. The second kappa shape index (κ2) is 11.6. The molecule has 0 radical (unpaired) electrons. The second-order valence-corrected chi connectivity index (χ2v) is 6.83. The van der Waals surface area contributed by atoms with Gasteiger partial charge in [0.1, 0.15) is 0 Å². The van der Waals surface area contributed by atoms with Crippen LogP contribution < -0.4 is 16.0 Å². The van der Waals surface area contributed by atoms with Crippen LogP contribution in [0, 0.1) is 0 Å². The van der Waals surface area contributed by atoms with Crippen LogP contribution in [-0.2, 0) is 0 Å². The number of thioether (sulfide) groups is 1. The highest BCUT2D eigenvalue weighted by Gasteiger charge is 2.15. The van der Waals surface area contributed by atoms with Gasteiger partial charge in [-0.15, -0.1) is 24.0 Å². The molecule has 1 aromatic heterocycles. The van der Waals surface area contributed by atoms with Gasteiger partial charge in [-0.3, -0.25) is 9.79 Å². The van der Waals surface area contributed by atoms with Crippen LogP contribution in [-0.4, -0.2) is 49.0 Å². The van der Waals surface area contributed by atoms with Gasteiger partial charge in [0.2, 0.25) is 0 Å². The summed E-state index contributed by atoms with van der Waals surface area (Å²) >= 11 is 1.79. The lowest BCUT2D eigenvalue weighted by atomic mass is 10.2. The Hall–Kier alpha value is -0.900. The molecule has 0 fully saturated rings. The van der Waals surface area contributed by atoms with Crippen LogP contribution in [0.1, 0.15) is 31.3 Å². The Labute approximate surface area is 159 Å².